The Kier molecular flexibility index (Phi) is 5.84. The SMILES string of the molecule is CC(N)C(C)(C)CC(CC(C)(C)N)N1CCCCC1. The Labute approximate surface area is 120 Å². The Balaban J connectivity index is 2.73. The normalized spacial score (nSPS) is 22.3. The smallest absolute Gasteiger partial charge is 0.0118 e. The molecule has 0 amide bonds. The van der Waals surface area contributed by atoms with Gasteiger partial charge >= 0.3 is 0 Å². The van der Waals surface area contributed by atoms with Gasteiger partial charge in [0.05, 0.1) is 0 Å². The topological polar surface area (TPSA) is 55.3 Å². The molecular weight excluding hydrogens is 234 g/mol. The first-order valence-electron chi connectivity index (χ1n) is 7.90. The number of hydrogen-bond acceptors (Lipinski definition) is 3. The average molecular weight is 269 g/mol. The Bertz CT molecular complexity index is 260. The zero-order chi connectivity index (χ0) is 14.7. The molecule has 0 saturated carbocycles. The second-order valence-corrected chi connectivity index (χ2v) is 7.92. The van der Waals surface area contributed by atoms with Crippen LogP contribution in [-0.2, 0) is 0 Å². The van der Waals surface area contributed by atoms with E-state index in [0.29, 0.717) is 6.04 Å². The molecule has 1 aliphatic rings. The monoisotopic (exact) mass is 269 g/mol. The largest absolute Gasteiger partial charge is 0.327 e. The molecule has 2 unspecified atom stereocenters. The van der Waals surface area contributed by atoms with Crippen LogP contribution in [0, 0.1) is 5.41 Å². The van der Waals surface area contributed by atoms with Crippen molar-refractivity contribution >= 4 is 0 Å². The standard InChI is InChI=1S/C16H35N3/c1-13(17)15(2,3)11-14(12-16(4,5)18)19-9-7-6-8-10-19/h13-14H,6-12,17-18H2,1-5H3. The average Bonchev–Trinajstić information content (AvgIpc) is 2.27. The van der Waals surface area contributed by atoms with Gasteiger partial charge in [-0.25, -0.2) is 0 Å². The number of hydrogen-bond donors (Lipinski definition) is 2. The first kappa shape index (κ1) is 16.9. The quantitative estimate of drug-likeness (QED) is 0.779. The molecule has 3 heteroatoms. The van der Waals surface area contributed by atoms with Crippen molar-refractivity contribution in [1.82, 2.24) is 4.90 Å². The van der Waals surface area contributed by atoms with E-state index in [0.717, 1.165) is 12.8 Å². The fraction of sp³-hybridized carbons (Fsp3) is 1.00. The lowest BCUT2D eigenvalue weighted by Gasteiger charge is -2.42. The van der Waals surface area contributed by atoms with E-state index in [9.17, 15) is 0 Å². The van der Waals surface area contributed by atoms with Gasteiger partial charge < -0.3 is 16.4 Å². The molecule has 1 rings (SSSR count). The van der Waals surface area contributed by atoms with Crippen molar-refractivity contribution in [2.75, 3.05) is 13.1 Å². The van der Waals surface area contributed by atoms with Crippen LogP contribution in [0.5, 0.6) is 0 Å². The summed E-state index contributed by atoms with van der Waals surface area (Å²) in [6.07, 6.45) is 6.25. The molecule has 0 aromatic heterocycles. The van der Waals surface area contributed by atoms with Gasteiger partial charge in [-0.1, -0.05) is 20.3 Å². The first-order valence-corrected chi connectivity index (χ1v) is 7.90. The highest BCUT2D eigenvalue weighted by Crippen LogP contribution is 2.31. The zero-order valence-electron chi connectivity index (χ0n) is 13.7. The molecule has 114 valence electrons. The van der Waals surface area contributed by atoms with E-state index >= 15 is 0 Å². The van der Waals surface area contributed by atoms with Crippen molar-refractivity contribution in [3.63, 3.8) is 0 Å². The second-order valence-electron chi connectivity index (χ2n) is 7.92. The molecule has 1 aliphatic heterocycles. The number of piperidine rings is 1. The summed E-state index contributed by atoms with van der Waals surface area (Å²) in [7, 11) is 0. The van der Waals surface area contributed by atoms with Gasteiger partial charge in [0, 0.05) is 17.6 Å². The molecule has 2 atom stereocenters. The fourth-order valence-electron chi connectivity index (χ4n) is 3.01. The van der Waals surface area contributed by atoms with Crippen LogP contribution in [0.1, 0.15) is 66.7 Å². The van der Waals surface area contributed by atoms with Gasteiger partial charge in [0.1, 0.15) is 0 Å². The highest BCUT2D eigenvalue weighted by atomic mass is 15.2. The van der Waals surface area contributed by atoms with Crippen molar-refractivity contribution in [3.8, 4) is 0 Å². The number of likely N-dealkylation sites (tertiary alicyclic amines) is 1. The Hall–Kier alpha value is -0.120. The number of nitrogens with zero attached hydrogens (tertiary/aromatic N) is 1. The highest BCUT2D eigenvalue weighted by molar-refractivity contribution is 4.90. The minimum Gasteiger partial charge on any atom is -0.327 e. The van der Waals surface area contributed by atoms with Crippen LogP contribution < -0.4 is 11.5 Å². The van der Waals surface area contributed by atoms with E-state index in [2.05, 4.69) is 39.5 Å². The van der Waals surface area contributed by atoms with E-state index in [1.54, 1.807) is 0 Å². The van der Waals surface area contributed by atoms with Crippen molar-refractivity contribution < 1.29 is 0 Å². The van der Waals surface area contributed by atoms with E-state index in [4.69, 9.17) is 11.5 Å². The third-order valence-electron chi connectivity index (χ3n) is 4.66. The van der Waals surface area contributed by atoms with Gasteiger partial charge in [-0.3, -0.25) is 0 Å². The maximum absolute atomic E-state index is 6.28. The number of rotatable bonds is 6. The molecule has 19 heavy (non-hydrogen) atoms. The lowest BCUT2D eigenvalue weighted by Crippen LogP contribution is -2.49. The lowest BCUT2D eigenvalue weighted by atomic mass is 9.77. The third-order valence-corrected chi connectivity index (χ3v) is 4.66. The summed E-state index contributed by atoms with van der Waals surface area (Å²) in [4.78, 5) is 2.66. The van der Waals surface area contributed by atoms with Gasteiger partial charge in [0.25, 0.3) is 0 Å². The summed E-state index contributed by atoms with van der Waals surface area (Å²) in [5.74, 6) is 0. The predicted molar refractivity (Wildman–Crippen MR) is 84.1 cm³/mol. The second kappa shape index (κ2) is 6.55. The van der Waals surface area contributed by atoms with Crippen LogP contribution >= 0.6 is 0 Å². The summed E-state index contributed by atoms with van der Waals surface area (Å²) in [5.41, 5.74) is 12.5. The molecule has 0 aromatic carbocycles. The molecule has 0 aliphatic carbocycles. The van der Waals surface area contributed by atoms with Crippen LogP contribution in [0.2, 0.25) is 0 Å². The van der Waals surface area contributed by atoms with Crippen molar-refractivity contribution in [2.45, 2.75) is 84.3 Å². The molecule has 0 radical (unpaired) electrons. The van der Waals surface area contributed by atoms with Crippen LogP contribution in [0.15, 0.2) is 0 Å². The lowest BCUT2D eigenvalue weighted by molar-refractivity contribution is 0.0913. The first-order chi connectivity index (χ1) is 8.62. The summed E-state index contributed by atoms with van der Waals surface area (Å²) in [6, 6.07) is 0.793. The van der Waals surface area contributed by atoms with E-state index < -0.39 is 0 Å². The molecule has 0 spiro atoms. The summed E-state index contributed by atoms with van der Waals surface area (Å²) in [6.45, 7) is 13.5. The van der Waals surface area contributed by atoms with Gasteiger partial charge in [0.15, 0.2) is 0 Å². The van der Waals surface area contributed by atoms with Gasteiger partial charge in [-0.05, 0) is 65.0 Å². The van der Waals surface area contributed by atoms with E-state index in [1.807, 2.05) is 0 Å². The molecule has 3 nitrogen and oxygen atoms in total. The highest BCUT2D eigenvalue weighted by Gasteiger charge is 2.33. The van der Waals surface area contributed by atoms with E-state index in [1.165, 1.54) is 32.4 Å². The molecule has 4 N–H and O–H groups in total. The molecule has 1 fully saturated rings. The van der Waals surface area contributed by atoms with Gasteiger partial charge in [0.2, 0.25) is 0 Å². The summed E-state index contributed by atoms with van der Waals surface area (Å²) < 4.78 is 0. The minimum atomic E-state index is -0.101. The van der Waals surface area contributed by atoms with Crippen molar-refractivity contribution in [3.05, 3.63) is 0 Å². The van der Waals surface area contributed by atoms with E-state index in [-0.39, 0.29) is 17.0 Å². The fourth-order valence-corrected chi connectivity index (χ4v) is 3.01. The van der Waals surface area contributed by atoms with Gasteiger partial charge in [-0.15, -0.1) is 0 Å². The Morgan fingerprint density at radius 3 is 1.95 bits per heavy atom. The Morgan fingerprint density at radius 2 is 1.53 bits per heavy atom. The Morgan fingerprint density at radius 1 is 1.00 bits per heavy atom. The van der Waals surface area contributed by atoms with Crippen LogP contribution in [0.25, 0.3) is 0 Å². The predicted octanol–water partition coefficient (Wildman–Crippen LogP) is 2.73. The summed E-state index contributed by atoms with van der Waals surface area (Å²) in [5, 5.41) is 0. The molecule has 0 bridgehead atoms. The minimum absolute atomic E-state index is 0.101. The summed E-state index contributed by atoms with van der Waals surface area (Å²) >= 11 is 0. The van der Waals surface area contributed by atoms with Gasteiger partial charge in [-0.2, -0.15) is 0 Å². The van der Waals surface area contributed by atoms with Crippen molar-refractivity contribution in [2.24, 2.45) is 16.9 Å². The van der Waals surface area contributed by atoms with Crippen LogP contribution in [-0.4, -0.2) is 35.6 Å². The molecule has 1 saturated heterocycles. The van der Waals surface area contributed by atoms with Crippen LogP contribution in [0.3, 0.4) is 0 Å². The number of nitrogens with two attached hydrogens (primary N) is 2. The van der Waals surface area contributed by atoms with Crippen LogP contribution in [0.4, 0.5) is 0 Å². The maximum atomic E-state index is 6.28. The zero-order valence-corrected chi connectivity index (χ0v) is 13.7. The third kappa shape index (κ3) is 5.80. The van der Waals surface area contributed by atoms with Crippen molar-refractivity contribution in [1.29, 1.82) is 0 Å². The molecule has 1 heterocycles. The molecule has 0 aromatic rings. The molecular formula is C16H35N3. The maximum Gasteiger partial charge on any atom is 0.0118 e.